The van der Waals surface area contributed by atoms with E-state index >= 15 is 0 Å². The molecule has 0 spiro atoms. The van der Waals surface area contributed by atoms with Gasteiger partial charge in [-0.05, 0) is 54.1 Å². The molecular formula is C42H47N2O4S2+. The van der Waals surface area contributed by atoms with Gasteiger partial charge in [-0.3, -0.25) is 9.59 Å². The minimum absolute atomic E-state index is 0.0537. The number of carbonyl (C=O) groups excluding carboxylic acids is 2. The highest BCUT2D eigenvalue weighted by atomic mass is 32.2. The predicted molar refractivity (Wildman–Crippen MR) is 198 cm³/mol. The highest BCUT2D eigenvalue weighted by Gasteiger charge is 2.73. The maximum atomic E-state index is 13.7. The third kappa shape index (κ3) is 5.75. The number of carbonyl (C=O) groups is 2. The summed E-state index contributed by atoms with van der Waals surface area (Å²) in [5.74, 6) is 0.867. The zero-order valence-electron chi connectivity index (χ0n) is 29.5. The van der Waals surface area contributed by atoms with Gasteiger partial charge in [-0.25, -0.2) is 9.55 Å². The summed E-state index contributed by atoms with van der Waals surface area (Å²) in [6.07, 6.45) is 9.24. The molecule has 0 amide bonds. The number of benzene rings is 2. The fraction of sp³-hybridized carbons (Fsp3) is 0.476. The Hall–Kier alpha value is -3.33. The van der Waals surface area contributed by atoms with Gasteiger partial charge in [0.2, 0.25) is 0 Å². The molecule has 1 aliphatic heterocycles. The van der Waals surface area contributed by atoms with Crippen molar-refractivity contribution in [2.45, 2.75) is 94.9 Å². The molecule has 50 heavy (non-hydrogen) atoms. The van der Waals surface area contributed by atoms with Crippen molar-refractivity contribution in [1.82, 2.24) is 4.98 Å². The van der Waals surface area contributed by atoms with Crippen LogP contribution in [0.3, 0.4) is 0 Å². The first-order valence-corrected chi connectivity index (χ1v) is 20.1. The average Bonchev–Trinajstić information content (AvgIpc) is 3.44. The molecule has 0 N–H and O–H groups in total. The van der Waals surface area contributed by atoms with Gasteiger partial charge in [-0.2, -0.15) is 0 Å². The molecule has 3 saturated carbocycles. The van der Waals surface area contributed by atoms with Gasteiger partial charge in [0.1, 0.15) is 11.9 Å². The summed E-state index contributed by atoms with van der Waals surface area (Å²) >= 11 is 2.99. The molecule has 0 radical (unpaired) electrons. The Balaban J connectivity index is 0.915. The van der Waals surface area contributed by atoms with Crippen molar-refractivity contribution < 1.29 is 23.6 Å². The average molecular weight is 708 g/mol. The van der Waals surface area contributed by atoms with Crippen molar-refractivity contribution in [2.24, 2.45) is 28.6 Å². The number of fused-ring (bicyclic) bond motifs is 1. The molecule has 4 fully saturated rings. The monoisotopic (exact) mass is 707 g/mol. The lowest BCUT2D eigenvalue weighted by atomic mass is 9.45. The van der Waals surface area contributed by atoms with E-state index in [1.807, 2.05) is 6.07 Å². The summed E-state index contributed by atoms with van der Waals surface area (Å²) in [6, 6.07) is 23.4. The van der Waals surface area contributed by atoms with E-state index in [9.17, 15) is 9.59 Å². The number of aromatic nitrogens is 2. The van der Waals surface area contributed by atoms with Crippen molar-refractivity contribution in [2.75, 3.05) is 5.75 Å². The summed E-state index contributed by atoms with van der Waals surface area (Å²) in [6.45, 7) is 9.83. The summed E-state index contributed by atoms with van der Waals surface area (Å²) in [5, 5.41) is 2.05. The van der Waals surface area contributed by atoms with Gasteiger partial charge in [-0.15, -0.1) is 11.3 Å². The number of epoxide rings is 1. The first kappa shape index (κ1) is 33.8. The van der Waals surface area contributed by atoms with Crippen molar-refractivity contribution in [3.05, 3.63) is 90.1 Å². The zero-order valence-corrected chi connectivity index (χ0v) is 31.1. The third-order valence-electron chi connectivity index (χ3n) is 13.2. The molecule has 2 aromatic carbocycles. The number of nitrogens with zero attached hydrogens (tertiary/aromatic N) is 2. The van der Waals surface area contributed by atoms with Gasteiger partial charge >= 0.3 is 5.97 Å². The molecule has 8 rings (SSSR count). The van der Waals surface area contributed by atoms with Crippen LogP contribution in [0.15, 0.2) is 88.8 Å². The molecule has 4 aromatic rings. The standard InChI is InChI=1S/C42H47N2O4S2/c1-5-42-23-35(40(4)27(2)15-19-41(28(3)38(42)48-42)20-16-34(45)37(40)41)47-36(46)26-50-39-43-33(25-49-39)32-17-21-44(22-18-32)24-29-11-13-31(14-12-29)30-9-7-6-8-10-30/h6-14,17-18,21-22,25,27-28,35,37-38H,5,15-16,19-20,23-24,26H2,1-4H3/q+1/t27-,28+,35-,37+,38+,40+,41+,42+/m1/s1. The molecule has 0 unspecified atom stereocenters. The molecule has 3 heterocycles. The fourth-order valence-corrected chi connectivity index (χ4v) is 11.6. The van der Waals surface area contributed by atoms with Crippen LogP contribution < -0.4 is 4.57 Å². The number of hydrogen-bond donors (Lipinski definition) is 0. The van der Waals surface area contributed by atoms with Crippen LogP contribution in [0.5, 0.6) is 0 Å². The van der Waals surface area contributed by atoms with Crippen LogP contribution in [0.2, 0.25) is 0 Å². The second-order valence-corrected chi connectivity index (χ2v) is 17.6. The van der Waals surface area contributed by atoms with Gasteiger partial charge in [0.05, 0.1) is 23.2 Å². The van der Waals surface area contributed by atoms with Crippen molar-refractivity contribution >= 4 is 34.9 Å². The fourth-order valence-electron chi connectivity index (χ4n) is 10.0. The minimum atomic E-state index is -0.399. The molecule has 1 saturated heterocycles. The quantitative estimate of drug-likeness (QED) is 0.0750. The maximum Gasteiger partial charge on any atom is 0.316 e. The van der Waals surface area contributed by atoms with Crippen LogP contribution in [-0.4, -0.2) is 40.3 Å². The minimum Gasteiger partial charge on any atom is -0.461 e. The Morgan fingerprint density at radius 1 is 1.02 bits per heavy atom. The van der Waals surface area contributed by atoms with Crippen molar-refractivity contribution in [3.63, 3.8) is 0 Å². The number of ketones is 1. The Morgan fingerprint density at radius 2 is 1.76 bits per heavy atom. The van der Waals surface area contributed by atoms with E-state index in [-0.39, 0.29) is 46.8 Å². The van der Waals surface area contributed by atoms with E-state index in [2.05, 4.69) is 111 Å². The summed E-state index contributed by atoms with van der Waals surface area (Å²) in [7, 11) is 0. The molecule has 8 atom stereocenters. The molecule has 6 nitrogen and oxygen atoms in total. The number of thiazole rings is 1. The topological polar surface area (TPSA) is 72.7 Å². The van der Waals surface area contributed by atoms with E-state index < -0.39 is 5.41 Å². The van der Waals surface area contributed by atoms with E-state index in [1.165, 1.54) is 28.5 Å². The highest BCUT2D eigenvalue weighted by molar-refractivity contribution is 8.01. The van der Waals surface area contributed by atoms with E-state index in [0.29, 0.717) is 24.5 Å². The lowest BCUT2D eigenvalue weighted by Gasteiger charge is -2.58. The molecular weight excluding hydrogens is 661 g/mol. The second-order valence-electron chi connectivity index (χ2n) is 15.5. The molecule has 260 valence electrons. The summed E-state index contributed by atoms with van der Waals surface area (Å²) in [4.78, 5) is 32.1. The normalized spacial score (nSPS) is 32.8. The number of hydrogen-bond acceptors (Lipinski definition) is 7. The largest absolute Gasteiger partial charge is 0.461 e. The molecule has 3 aliphatic carbocycles. The first-order chi connectivity index (χ1) is 24.1. The lowest BCUT2D eigenvalue weighted by Crippen LogP contribution is -2.60. The summed E-state index contributed by atoms with van der Waals surface area (Å²) < 4.78 is 16.0. The van der Waals surface area contributed by atoms with Crippen LogP contribution in [0.4, 0.5) is 0 Å². The van der Waals surface area contributed by atoms with Gasteiger partial charge in [0.15, 0.2) is 23.3 Å². The number of pyridine rings is 1. The van der Waals surface area contributed by atoms with Gasteiger partial charge in [0.25, 0.3) is 0 Å². The van der Waals surface area contributed by atoms with Crippen LogP contribution in [-0.2, 0) is 25.6 Å². The van der Waals surface area contributed by atoms with Crippen LogP contribution in [0.1, 0.15) is 71.8 Å². The van der Waals surface area contributed by atoms with E-state index in [0.717, 1.165) is 47.8 Å². The van der Waals surface area contributed by atoms with Gasteiger partial charge in [0, 0.05) is 52.8 Å². The Morgan fingerprint density at radius 3 is 2.50 bits per heavy atom. The first-order valence-electron chi connectivity index (χ1n) is 18.3. The SMILES string of the molecule is CC[C@]12C[C@@H](OC(=O)CSc3nc(-c4cc[n+](Cc5ccc(-c6ccccc6)cc5)cc4)cs3)[C@]3(C)[C@H](C)CC[C@]4(CCC(=O)[C@H]43)[C@@H](C)[C@@H]1O2. The smallest absolute Gasteiger partial charge is 0.316 e. The molecule has 2 bridgehead atoms. The van der Waals surface area contributed by atoms with Crippen molar-refractivity contribution in [1.29, 1.82) is 0 Å². The molecule has 2 aromatic heterocycles. The van der Waals surface area contributed by atoms with E-state index in [1.54, 1.807) is 11.3 Å². The Labute approximate surface area is 304 Å². The maximum absolute atomic E-state index is 13.7. The van der Waals surface area contributed by atoms with Gasteiger partial charge in [-0.1, -0.05) is 94.1 Å². The number of Topliss-reactive ketones (excluding diaryl/α,β-unsaturated/α-hetero) is 1. The number of esters is 1. The van der Waals surface area contributed by atoms with Crippen LogP contribution in [0, 0.1) is 28.6 Å². The second kappa shape index (κ2) is 13.0. The highest BCUT2D eigenvalue weighted by Crippen LogP contribution is 2.70. The third-order valence-corrected chi connectivity index (χ3v) is 15.1. The molecule has 4 aliphatic rings. The van der Waals surface area contributed by atoms with E-state index in [4.69, 9.17) is 14.5 Å². The number of rotatable bonds is 9. The number of ether oxygens (including phenoxy) is 2. The van der Waals surface area contributed by atoms with Crippen LogP contribution in [0.25, 0.3) is 22.4 Å². The van der Waals surface area contributed by atoms with Gasteiger partial charge < -0.3 is 9.47 Å². The van der Waals surface area contributed by atoms with Crippen molar-refractivity contribution in [3.8, 4) is 22.4 Å². The zero-order chi connectivity index (χ0) is 34.7. The summed E-state index contributed by atoms with van der Waals surface area (Å²) in [5.41, 5.74) is 4.92. The molecule has 8 heteroatoms. The Bertz CT molecular complexity index is 1880. The number of thioether (sulfide) groups is 1. The Kier molecular flexibility index (Phi) is 8.80. The predicted octanol–water partition coefficient (Wildman–Crippen LogP) is 8.81. The van der Waals surface area contributed by atoms with Crippen LogP contribution >= 0.6 is 23.1 Å². The lowest BCUT2D eigenvalue weighted by molar-refractivity contribution is -0.688.